The molecular weight excluding hydrogens is 420 g/mol. The monoisotopic (exact) mass is 448 g/mol. The van der Waals surface area contributed by atoms with Crippen molar-refractivity contribution in [2.75, 3.05) is 31.2 Å². The minimum absolute atomic E-state index is 0.0439. The van der Waals surface area contributed by atoms with Gasteiger partial charge in [-0.25, -0.2) is 14.8 Å². The fraction of sp³-hybridized carbons (Fsp3) is 0.400. The van der Waals surface area contributed by atoms with E-state index in [1.165, 1.54) is 0 Å². The van der Waals surface area contributed by atoms with Crippen LogP contribution in [0.5, 0.6) is 5.75 Å². The highest BCUT2D eigenvalue weighted by molar-refractivity contribution is 5.92. The predicted octanol–water partition coefficient (Wildman–Crippen LogP) is 3.79. The topological polar surface area (TPSA) is 96.8 Å². The van der Waals surface area contributed by atoms with Crippen molar-refractivity contribution >= 4 is 22.8 Å². The first-order valence-electron chi connectivity index (χ1n) is 11.4. The lowest BCUT2D eigenvalue weighted by Gasteiger charge is -2.34. The number of carbonyl (C=O) groups is 1. The van der Waals surface area contributed by atoms with Gasteiger partial charge in [-0.3, -0.25) is 0 Å². The minimum atomic E-state index is -0.393. The predicted molar refractivity (Wildman–Crippen MR) is 125 cm³/mol. The van der Waals surface area contributed by atoms with E-state index in [1.54, 1.807) is 12.1 Å². The van der Waals surface area contributed by atoms with Gasteiger partial charge in [0, 0.05) is 30.9 Å². The molecule has 2 atom stereocenters. The Balaban J connectivity index is 1.43. The zero-order valence-electron chi connectivity index (χ0n) is 18.7. The lowest BCUT2D eigenvalue weighted by molar-refractivity contribution is 0.0803. The molecule has 33 heavy (non-hydrogen) atoms. The van der Waals surface area contributed by atoms with Crippen LogP contribution in [0.15, 0.2) is 42.5 Å². The van der Waals surface area contributed by atoms with Gasteiger partial charge in [0.15, 0.2) is 5.82 Å². The molecule has 1 amide bonds. The normalized spacial score (nSPS) is 20.7. The van der Waals surface area contributed by atoms with Crippen molar-refractivity contribution in [3.8, 4) is 17.1 Å². The van der Waals surface area contributed by atoms with Crippen LogP contribution in [0, 0.1) is 6.92 Å². The van der Waals surface area contributed by atoms with Gasteiger partial charge in [-0.15, -0.1) is 0 Å². The number of fused-ring (bicyclic) bond motifs is 1. The van der Waals surface area contributed by atoms with Crippen LogP contribution in [0.3, 0.4) is 0 Å². The molecule has 0 bridgehead atoms. The van der Waals surface area contributed by atoms with E-state index in [0.29, 0.717) is 31.1 Å². The Morgan fingerprint density at radius 3 is 2.91 bits per heavy atom. The highest BCUT2D eigenvalue weighted by atomic mass is 16.6. The maximum Gasteiger partial charge on any atom is 0.407 e. The Bertz CT molecular complexity index is 1160. The van der Waals surface area contributed by atoms with Gasteiger partial charge in [0.05, 0.1) is 24.3 Å². The summed E-state index contributed by atoms with van der Waals surface area (Å²) < 4.78 is 10.8. The maximum absolute atomic E-state index is 12.4. The molecule has 172 valence electrons. The number of hydrogen-bond acceptors (Lipinski definition) is 7. The maximum atomic E-state index is 12.4. The molecule has 2 aliphatic heterocycles. The van der Waals surface area contributed by atoms with E-state index in [1.807, 2.05) is 31.2 Å². The standard InChI is InChI=1S/C25H28N4O4/c1-16-8-9-19-21(13-16)27-23(20-6-2-3-7-22(20)30)28-24(19)29-11-4-5-17(14-29)26-25(31)33-18-10-12-32-15-18/h2-3,6-9,13,17-18,30H,4-5,10-12,14-15H2,1H3,(H,26,31)/t17-,18-/m1/s1. The summed E-state index contributed by atoms with van der Waals surface area (Å²) in [7, 11) is 0. The Morgan fingerprint density at radius 1 is 1.21 bits per heavy atom. The van der Waals surface area contributed by atoms with Gasteiger partial charge in [-0.2, -0.15) is 0 Å². The third-order valence-corrected chi connectivity index (χ3v) is 6.18. The first-order valence-corrected chi connectivity index (χ1v) is 11.4. The number of amides is 1. The molecule has 0 aliphatic carbocycles. The number of carbonyl (C=O) groups excluding carboxylic acids is 1. The summed E-state index contributed by atoms with van der Waals surface area (Å²) in [5.41, 5.74) is 2.53. The van der Waals surface area contributed by atoms with Gasteiger partial charge >= 0.3 is 6.09 Å². The fourth-order valence-corrected chi connectivity index (χ4v) is 4.49. The fourth-order valence-electron chi connectivity index (χ4n) is 4.49. The summed E-state index contributed by atoms with van der Waals surface area (Å²) in [5, 5.41) is 14.4. The molecule has 0 saturated carbocycles. The molecule has 8 nitrogen and oxygen atoms in total. The first kappa shape index (κ1) is 21.5. The smallest absolute Gasteiger partial charge is 0.407 e. The molecule has 8 heteroatoms. The average molecular weight is 449 g/mol. The molecular formula is C25H28N4O4. The highest BCUT2D eigenvalue weighted by Gasteiger charge is 2.27. The summed E-state index contributed by atoms with van der Waals surface area (Å²) in [4.78, 5) is 24.2. The van der Waals surface area contributed by atoms with Gasteiger partial charge in [-0.05, 0) is 49.6 Å². The number of piperidine rings is 1. The van der Waals surface area contributed by atoms with Crippen molar-refractivity contribution in [3.05, 3.63) is 48.0 Å². The first-order chi connectivity index (χ1) is 16.1. The summed E-state index contributed by atoms with van der Waals surface area (Å²) in [6.45, 7) is 4.57. The van der Waals surface area contributed by atoms with Gasteiger partial charge in [0.2, 0.25) is 0 Å². The highest BCUT2D eigenvalue weighted by Crippen LogP contribution is 2.33. The Labute approximate surface area is 192 Å². The third-order valence-electron chi connectivity index (χ3n) is 6.18. The molecule has 3 aromatic rings. The molecule has 0 unspecified atom stereocenters. The lowest BCUT2D eigenvalue weighted by Crippen LogP contribution is -2.48. The van der Waals surface area contributed by atoms with Gasteiger partial charge in [0.25, 0.3) is 0 Å². The van der Waals surface area contributed by atoms with Crippen molar-refractivity contribution in [3.63, 3.8) is 0 Å². The molecule has 2 fully saturated rings. The van der Waals surface area contributed by atoms with Gasteiger partial charge < -0.3 is 24.8 Å². The van der Waals surface area contributed by atoms with Crippen LogP contribution in [0.1, 0.15) is 24.8 Å². The summed E-state index contributed by atoms with van der Waals surface area (Å²) in [6.07, 6.45) is 1.98. The molecule has 2 aliphatic rings. The van der Waals surface area contributed by atoms with Gasteiger partial charge in [-0.1, -0.05) is 18.2 Å². The number of nitrogens with one attached hydrogen (secondary N) is 1. The average Bonchev–Trinajstić information content (AvgIpc) is 3.31. The summed E-state index contributed by atoms with van der Waals surface area (Å²) in [5.74, 6) is 1.44. The summed E-state index contributed by atoms with van der Waals surface area (Å²) in [6, 6.07) is 13.2. The number of aromatic hydroxyl groups is 1. The minimum Gasteiger partial charge on any atom is -0.507 e. The number of anilines is 1. The molecule has 0 radical (unpaired) electrons. The van der Waals surface area contributed by atoms with E-state index < -0.39 is 6.09 Å². The number of ether oxygens (including phenoxy) is 2. The van der Waals surface area contributed by atoms with Crippen LogP contribution in [-0.4, -0.2) is 59.6 Å². The number of alkyl carbamates (subject to hydrolysis) is 1. The second-order valence-corrected chi connectivity index (χ2v) is 8.73. The van der Waals surface area contributed by atoms with Crippen LogP contribution < -0.4 is 10.2 Å². The Kier molecular flexibility index (Phi) is 6.00. The van der Waals surface area contributed by atoms with Crippen LogP contribution in [-0.2, 0) is 9.47 Å². The van der Waals surface area contributed by atoms with E-state index >= 15 is 0 Å². The van der Waals surface area contributed by atoms with Crippen molar-refractivity contribution < 1.29 is 19.4 Å². The second-order valence-electron chi connectivity index (χ2n) is 8.73. The molecule has 1 aromatic heterocycles. The van der Waals surface area contributed by atoms with Crippen molar-refractivity contribution in [1.82, 2.24) is 15.3 Å². The number of nitrogens with zero attached hydrogens (tertiary/aromatic N) is 3. The number of phenols is 1. The van der Waals surface area contributed by atoms with E-state index in [-0.39, 0.29) is 17.9 Å². The molecule has 2 saturated heterocycles. The lowest BCUT2D eigenvalue weighted by atomic mass is 10.0. The number of para-hydroxylation sites is 1. The Hall–Kier alpha value is -3.39. The largest absolute Gasteiger partial charge is 0.507 e. The van der Waals surface area contributed by atoms with Crippen LogP contribution >= 0.6 is 0 Å². The van der Waals surface area contributed by atoms with E-state index in [4.69, 9.17) is 19.4 Å². The van der Waals surface area contributed by atoms with Crippen molar-refractivity contribution in [2.45, 2.75) is 38.3 Å². The zero-order valence-corrected chi connectivity index (χ0v) is 18.7. The SMILES string of the molecule is Cc1ccc2c(N3CCC[C@@H](NC(=O)O[C@@H]4CCOC4)C3)nc(-c3ccccc3O)nc2c1. The summed E-state index contributed by atoms with van der Waals surface area (Å²) >= 11 is 0. The quantitative estimate of drug-likeness (QED) is 0.627. The van der Waals surface area contributed by atoms with Crippen molar-refractivity contribution in [2.24, 2.45) is 0 Å². The van der Waals surface area contributed by atoms with E-state index in [9.17, 15) is 9.90 Å². The molecule has 2 aromatic carbocycles. The second kappa shape index (κ2) is 9.23. The number of hydrogen-bond donors (Lipinski definition) is 2. The van der Waals surface area contributed by atoms with Crippen molar-refractivity contribution in [1.29, 1.82) is 0 Å². The number of phenolic OH excluding ortho intramolecular Hbond substituents is 1. The van der Waals surface area contributed by atoms with E-state index in [2.05, 4.69) is 16.3 Å². The number of rotatable bonds is 4. The number of aryl methyl sites for hydroxylation is 1. The van der Waals surface area contributed by atoms with Gasteiger partial charge in [0.1, 0.15) is 17.7 Å². The molecule has 3 heterocycles. The van der Waals surface area contributed by atoms with Crippen LogP contribution in [0.25, 0.3) is 22.3 Å². The molecule has 0 spiro atoms. The third kappa shape index (κ3) is 4.71. The number of aromatic nitrogens is 2. The molecule has 5 rings (SSSR count). The number of benzene rings is 2. The molecule has 2 N–H and O–H groups in total. The van der Waals surface area contributed by atoms with E-state index in [0.717, 1.165) is 48.1 Å². The van der Waals surface area contributed by atoms with Crippen LogP contribution in [0.4, 0.5) is 10.6 Å². The van der Waals surface area contributed by atoms with Crippen LogP contribution in [0.2, 0.25) is 0 Å². The zero-order chi connectivity index (χ0) is 22.8. The Morgan fingerprint density at radius 2 is 2.09 bits per heavy atom.